The molecule has 0 N–H and O–H groups in total. The number of rotatable bonds is 1. The zero-order valence-electron chi connectivity index (χ0n) is 6.90. The van der Waals surface area contributed by atoms with Crippen LogP contribution in [0.25, 0.3) is 11.8 Å². The van der Waals surface area contributed by atoms with Crippen LogP contribution in [0.3, 0.4) is 0 Å². The predicted molar refractivity (Wildman–Crippen MR) is 60.2 cm³/mol. The molecule has 0 saturated carbocycles. The third-order valence-electron chi connectivity index (χ3n) is 1.90. The lowest BCUT2D eigenvalue weighted by Gasteiger charge is -1.95. The fourth-order valence-electron chi connectivity index (χ4n) is 1.30. The van der Waals surface area contributed by atoms with E-state index in [4.69, 9.17) is 3.07 Å². The summed E-state index contributed by atoms with van der Waals surface area (Å²) in [5.41, 5.74) is 0. The molecule has 0 bridgehead atoms. The van der Waals surface area contributed by atoms with E-state index in [2.05, 4.69) is 17.1 Å². The summed E-state index contributed by atoms with van der Waals surface area (Å²) in [5.74, 6) is 0.824. The monoisotopic (exact) mass is 285 g/mol. The standard InChI is InChI=1S/C10H8INO/c11-13-9-6-2-1-4-8-5-3-7-12-10(8)9/h2-7H,1H2. The Bertz CT molecular complexity index is 450. The highest BCUT2D eigenvalue weighted by Gasteiger charge is 1.98. The third kappa shape index (κ3) is 1.75. The van der Waals surface area contributed by atoms with Gasteiger partial charge < -0.3 is 3.07 Å². The van der Waals surface area contributed by atoms with Crippen LogP contribution in [0.2, 0.25) is 0 Å². The average molecular weight is 285 g/mol. The molecule has 2 nitrogen and oxygen atoms in total. The van der Waals surface area contributed by atoms with E-state index in [1.807, 2.05) is 41.2 Å². The summed E-state index contributed by atoms with van der Waals surface area (Å²) < 4.78 is 5.21. The number of pyridine rings is 1. The van der Waals surface area contributed by atoms with Gasteiger partial charge in [-0.1, -0.05) is 18.2 Å². The first kappa shape index (κ1) is 8.74. The van der Waals surface area contributed by atoms with Gasteiger partial charge in [-0.3, -0.25) is 4.98 Å². The highest BCUT2D eigenvalue weighted by atomic mass is 127. The Morgan fingerprint density at radius 3 is 3.23 bits per heavy atom. The lowest BCUT2D eigenvalue weighted by molar-refractivity contribution is 0.671. The number of aromatic nitrogens is 1. The topological polar surface area (TPSA) is 22.1 Å². The maximum atomic E-state index is 5.21. The van der Waals surface area contributed by atoms with E-state index in [0.717, 1.165) is 22.7 Å². The van der Waals surface area contributed by atoms with Crippen LogP contribution in [0, 0.1) is 0 Å². The highest BCUT2D eigenvalue weighted by Crippen LogP contribution is 2.05. The Kier molecular flexibility index (Phi) is 2.63. The van der Waals surface area contributed by atoms with Gasteiger partial charge in [-0.15, -0.1) is 0 Å². The third-order valence-corrected chi connectivity index (χ3v) is 2.37. The Morgan fingerprint density at radius 2 is 2.38 bits per heavy atom. The highest BCUT2D eigenvalue weighted by molar-refractivity contribution is 14.1. The molecule has 0 aliphatic heterocycles. The minimum absolute atomic E-state index is 0.824. The molecule has 2 rings (SSSR count). The second kappa shape index (κ2) is 3.91. The molecule has 0 spiro atoms. The predicted octanol–water partition coefficient (Wildman–Crippen LogP) is 1.30. The van der Waals surface area contributed by atoms with Crippen molar-refractivity contribution in [3.8, 4) is 0 Å². The second-order valence-corrected chi connectivity index (χ2v) is 3.17. The van der Waals surface area contributed by atoms with Gasteiger partial charge in [0.1, 0.15) is 5.35 Å². The smallest absolute Gasteiger partial charge is 0.192 e. The van der Waals surface area contributed by atoms with Crippen molar-refractivity contribution in [1.82, 2.24) is 4.98 Å². The number of hydrogen-bond donors (Lipinski definition) is 0. The summed E-state index contributed by atoms with van der Waals surface area (Å²) in [7, 11) is 0. The van der Waals surface area contributed by atoms with E-state index in [0.29, 0.717) is 0 Å². The Hall–Kier alpha value is -0.840. The molecule has 0 radical (unpaired) electrons. The minimum Gasteiger partial charge on any atom is -0.425 e. The molecule has 0 amide bonds. The molecule has 0 atom stereocenters. The molecular formula is C10H8INO. The summed E-state index contributed by atoms with van der Waals surface area (Å²) in [6.07, 6.45) is 8.88. The van der Waals surface area contributed by atoms with E-state index >= 15 is 0 Å². The fourth-order valence-corrected chi connectivity index (χ4v) is 1.65. The molecule has 1 heterocycles. The van der Waals surface area contributed by atoms with Crippen LogP contribution in [0.1, 0.15) is 6.42 Å². The molecule has 1 aliphatic carbocycles. The van der Waals surface area contributed by atoms with Crippen LogP contribution in [0.5, 0.6) is 0 Å². The molecule has 1 aliphatic rings. The van der Waals surface area contributed by atoms with Crippen molar-refractivity contribution in [1.29, 1.82) is 0 Å². The van der Waals surface area contributed by atoms with Crippen molar-refractivity contribution >= 4 is 34.8 Å². The Labute approximate surface area is 90.3 Å². The molecule has 66 valence electrons. The molecule has 3 heteroatoms. The number of fused-ring (bicyclic) bond motifs is 1. The summed E-state index contributed by atoms with van der Waals surface area (Å²) in [4.78, 5) is 4.28. The van der Waals surface area contributed by atoms with Crippen molar-refractivity contribution in [3.63, 3.8) is 0 Å². The van der Waals surface area contributed by atoms with Crippen LogP contribution in [0.15, 0.2) is 30.5 Å². The van der Waals surface area contributed by atoms with E-state index in [1.165, 1.54) is 0 Å². The first-order valence-corrected chi connectivity index (χ1v) is 4.90. The minimum atomic E-state index is 0.824. The van der Waals surface area contributed by atoms with Crippen molar-refractivity contribution < 1.29 is 3.07 Å². The van der Waals surface area contributed by atoms with Gasteiger partial charge in [0.25, 0.3) is 0 Å². The van der Waals surface area contributed by atoms with E-state index in [1.54, 1.807) is 6.20 Å². The van der Waals surface area contributed by atoms with Crippen LogP contribution in [-0.4, -0.2) is 4.98 Å². The summed E-state index contributed by atoms with van der Waals surface area (Å²) in [6.45, 7) is 0. The van der Waals surface area contributed by atoms with Gasteiger partial charge in [0.2, 0.25) is 0 Å². The van der Waals surface area contributed by atoms with Crippen molar-refractivity contribution in [2.75, 3.05) is 0 Å². The van der Waals surface area contributed by atoms with Crippen LogP contribution >= 0.6 is 23.0 Å². The first-order chi connectivity index (χ1) is 6.42. The largest absolute Gasteiger partial charge is 0.425 e. The molecule has 1 aromatic rings. The maximum absolute atomic E-state index is 5.21. The quantitative estimate of drug-likeness (QED) is 0.726. The zero-order valence-corrected chi connectivity index (χ0v) is 9.06. The Balaban J connectivity index is 2.82. The second-order valence-electron chi connectivity index (χ2n) is 2.72. The van der Waals surface area contributed by atoms with Crippen molar-refractivity contribution in [2.45, 2.75) is 6.42 Å². The normalized spacial score (nSPS) is 14.4. The fraction of sp³-hybridized carbons (Fsp3) is 0.100. The average Bonchev–Trinajstić information content (AvgIpc) is 2.39. The van der Waals surface area contributed by atoms with Gasteiger partial charge in [-0.25, -0.2) is 0 Å². The molecule has 1 aromatic heterocycles. The molecule has 0 saturated heterocycles. The maximum Gasteiger partial charge on any atom is 0.192 e. The van der Waals surface area contributed by atoms with Crippen LogP contribution in [-0.2, 0) is 3.07 Å². The number of halogens is 1. The SMILES string of the molecule is IOC1=c2ncccc2=CCC=C1. The lowest BCUT2D eigenvalue weighted by Crippen LogP contribution is -2.29. The Morgan fingerprint density at radius 1 is 1.46 bits per heavy atom. The molecule has 0 aromatic carbocycles. The van der Waals surface area contributed by atoms with Crippen LogP contribution < -0.4 is 10.6 Å². The molecule has 13 heavy (non-hydrogen) atoms. The summed E-state index contributed by atoms with van der Waals surface area (Å²) in [5, 5.41) is 2.06. The van der Waals surface area contributed by atoms with Crippen molar-refractivity contribution in [2.24, 2.45) is 0 Å². The van der Waals surface area contributed by atoms with Gasteiger partial charge >= 0.3 is 0 Å². The number of hydrogen-bond acceptors (Lipinski definition) is 2. The first-order valence-electron chi connectivity index (χ1n) is 4.02. The van der Waals surface area contributed by atoms with Gasteiger partial charge in [0, 0.05) is 11.4 Å². The van der Waals surface area contributed by atoms with E-state index in [9.17, 15) is 0 Å². The van der Waals surface area contributed by atoms with Gasteiger partial charge in [0.15, 0.2) is 28.8 Å². The van der Waals surface area contributed by atoms with Crippen LogP contribution in [0.4, 0.5) is 0 Å². The van der Waals surface area contributed by atoms with Crippen molar-refractivity contribution in [3.05, 3.63) is 41.0 Å². The summed E-state index contributed by atoms with van der Waals surface area (Å²) >= 11 is 1.88. The van der Waals surface area contributed by atoms with Gasteiger partial charge in [-0.05, 0) is 18.6 Å². The van der Waals surface area contributed by atoms with Gasteiger partial charge in [0.05, 0.1) is 0 Å². The van der Waals surface area contributed by atoms with E-state index in [-0.39, 0.29) is 0 Å². The number of nitrogens with zero attached hydrogens (tertiary/aromatic N) is 1. The van der Waals surface area contributed by atoms with Gasteiger partial charge in [-0.2, -0.15) is 0 Å². The van der Waals surface area contributed by atoms with E-state index < -0.39 is 0 Å². The zero-order chi connectivity index (χ0) is 9.10. The lowest BCUT2D eigenvalue weighted by atomic mass is 10.3. The molecule has 0 unspecified atom stereocenters. The number of allylic oxidation sites excluding steroid dienone is 1. The molecule has 0 fully saturated rings. The summed E-state index contributed by atoms with van der Waals surface area (Å²) in [6, 6.07) is 3.98. The molecular weight excluding hydrogens is 277 g/mol.